The first-order chi connectivity index (χ1) is 19.1. The van der Waals surface area contributed by atoms with E-state index in [4.69, 9.17) is 5.73 Å². The Labute approximate surface area is 231 Å². The number of phenolic OH excluding ortho intramolecular Hbond substituents is 2. The van der Waals surface area contributed by atoms with E-state index >= 15 is 0 Å². The molecule has 11 nitrogen and oxygen atoms in total. The van der Waals surface area contributed by atoms with Gasteiger partial charge in [-0.3, -0.25) is 14.4 Å². The number of benzene rings is 3. The first kappa shape index (κ1) is 29.7. The molecule has 0 saturated heterocycles. The molecule has 3 amide bonds. The van der Waals surface area contributed by atoms with Crippen LogP contribution in [-0.4, -0.2) is 63.7 Å². The maximum absolute atomic E-state index is 13.2. The summed E-state index contributed by atoms with van der Waals surface area (Å²) in [6, 6.07) is 17.7. The Hall–Kier alpha value is -4.90. The molecule has 0 heterocycles. The SMILES string of the molecule is NC(Cc1ccc(O)cc1)C(=O)NCC(=O)NC(Cc1ccccc1)C(=O)NC(Cc1ccc(O)cc1)C(=O)O. The van der Waals surface area contributed by atoms with Crippen molar-refractivity contribution in [3.63, 3.8) is 0 Å². The quantitative estimate of drug-likeness (QED) is 0.162. The van der Waals surface area contributed by atoms with Crippen molar-refractivity contribution in [2.24, 2.45) is 5.73 Å². The smallest absolute Gasteiger partial charge is 0.326 e. The summed E-state index contributed by atoms with van der Waals surface area (Å²) in [7, 11) is 0. The summed E-state index contributed by atoms with van der Waals surface area (Å²) in [5, 5.41) is 36.0. The first-order valence-electron chi connectivity index (χ1n) is 12.6. The lowest BCUT2D eigenvalue weighted by Gasteiger charge is -2.22. The van der Waals surface area contributed by atoms with Crippen molar-refractivity contribution in [3.8, 4) is 11.5 Å². The van der Waals surface area contributed by atoms with Crippen molar-refractivity contribution in [2.45, 2.75) is 37.4 Å². The van der Waals surface area contributed by atoms with E-state index in [0.717, 1.165) is 11.1 Å². The average Bonchev–Trinajstić information content (AvgIpc) is 2.93. The second-order valence-corrected chi connectivity index (χ2v) is 9.27. The number of carbonyl (C=O) groups is 4. The van der Waals surface area contributed by atoms with Crippen molar-refractivity contribution in [2.75, 3.05) is 6.54 Å². The largest absolute Gasteiger partial charge is 0.508 e. The second-order valence-electron chi connectivity index (χ2n) is 9.27. The number of carbonyl (C=O) groups excluding carboxylic acids is 3. The number of amides is 3. The summed E-state index contributed by atoms with van der Waals surface area (Å²) in [4.78, 5) is 50.2. The van der Waals surface area contributed by atoms with Crippen molar-refractivity contribution < 1.29 is 34.5 Å². The van der Waals surface area contributed by atoms with Gasteiger partial charge in [-0.05, 0) is 47.4 Å². The van der Waals surface area contributed by atoms with Crippen LogP contribution in [0.1, 0.15) is 16.7 Å². The molecule has 0 radical (unpaired) electrons. The fraction of sp³-hybridized carbons (Fsp3) is 0.241. The zero-order valence-corrected chi connectivity index (χ0v) is 21.6. The van der Waals surface area contributed by atoms with Crippen LogP contribution in [0.5, 0.6) is 11.5 Å². The molecule has 0 aliphatic rings. The van der Waals surface area contributed by atoms with Gasteiger partial charge < -0.3 is 37.0 Å². The van der Waals surface area contributed by atoms with E-state index in [1.165, 1.54) is 24.3 Å². The Morgan fingerprint density at radius 3 is 1.70 bits per heavy atom. The summed E-state index contributed by atoms with van der Waals surface area (Å²) < 4.78 is 0. The molecule has 8 N–H and O–H groups in total. The second kappa shape index (κ2) is 14.3. The highest BCUT2D eigenvalue weighted by atomic mass is 16.4. The van der Waals surface area contributed by atoms with Gasteiger partial charge in [0.15, 0.2) is 0 Å². The van der Waals surface area contributed by atoms with E-state index in [1.807, 2.05) is 0 Å². The fourth-order valence-corrected chi connectivity index (χ4v) is 3.92. The lowest BCUT2D eigenvalue weighted by atomic mass is 10.0. The van der Waals surface area contributed by atoms with Gasteiger partial charge in [-0.1, -0.05) is 54.6 Å². The van der Waals surface area contributed by atoms with Crippen molar-refractivity contribution in [1.29, 1.82) is 0 Å². The van der Waals surface area contributed by atoms with Crippen molar-refractivity contribution in [3.05, 3.63) is 95.6 Å². The minimum atomic E-state index is -1.29. The van der Waals surface area contributed by atoms with E-state index in [2.05, 4.69) is 16.0 Å². The molecule has 3 aromatic rings. The van der Waals surface area contributed by atoms with Crippen molar-refractivity contribution in [1.82, 2.24) is 16.0 Å². The van der Waals surface area contributed by atoms with Crippen LogP contribution in [0.25, 0.3) is 0 Å². The summed E-state index contributed by atoms with van der Waals surface area (Å²) >= 11 is 0. The van der Waals surface area contributed by atoms with Crippen molar-refractivity contribution >= 4 is 23.7 Å². The van der Waals surface area contributed by atoms with Gasteiger partial charge in [0, 0.05) is 12.8 Å². The highest BCUT2D eigenvalue weighted by molar-refractivity contribution is 5.92. The van der Waals surface area contributed by atoms with E-state index in [9.17, 15) is 34.5 Å². The molecule has 0 fully saturated rings. The normalized spacial score (nSPS) is 12.9. The number of phenols is 2. The maximum Gasteiger partial charge on any atom is 0.326 e. The molecule has 0 saturated carbocycles. The Bertz CT molecular complexity index is 1300. The number of hydrogen-bond donors (Lipinski definition) is 7. The molecule has 11 heteroatoms. The third kappa shape index (κ3) is 9.44. The molecular weight excluding hydrogens is 516 g/mol. The zero-order chi connectivity index (χ0) is 29.1. The molecule has 210 valence electrons. The van der Waals surface area contributed by atoms with E-state index < -0.39 is 48.4 Å². The summed E-state index contributed by atoms with van der Waals surface area (Å²) in [5.74, 6) is -3.10. The predicted molar refractivity (Wildman–Crippen MR) is 146 cm³/mol. The van der Waals surface area contributed by atoms with Crippen LogP contribution in [-0.2, 0) is 38.4 Å². The van der Waals surface area contributed by atoms with Crippen LogP contribution in [0.2, 0.25) is 0 Å². The first-order valence-corrected chi connectivity index (χ1v) is 12.6. The minimum Gasteiger partial charge on any atom is -0.508 e. The van der Waals surface area contributed by atoms with Crippen LogP contribution in [0.3, 0.4) is 0 Å². The molecular formula is C29H32N4O7. The highest BCUT2D eigenvalue weighted by Gasteiger charge is 2.27. The minimum absolute atomic E-state index is 0.0266. The van der Waals surface area contributed by atoms with Crippen LogP contribution in [0.15, 0.2) is 78.9 Å². The number of carboxylic acid groups (broad SMARTS) is 1. The summed E-state index contributed by atoms with van der Waals surface area (Å²) in [5.41, 5.74) is 7.98. The molecule has 0 aromatic heterocycles. The van der Waals surface area contributed by atoms with Crippen LogP contribution >= 0.6 is 0 Å². The zero-order valence-electron chi connectivity index (χ0n) is 21.6. The summed E-state index contributed by atoms with van der Waals surface area (Å²) in [6.45, 7) is -0.448. The van der Waals surface area contributed by atoms with Crippen LogP contribution < -0.4 is 21.7 Å². The average molecular weight is 549 g/mol. The number of aliphatic carboxylic acids is 1. The monoisotopic (exact) mass is 548 g/mol. The van der Waals surface area contributed by atoms with Gasteiger partial charge >= 0.3 is 5.97 Å². The lowest BCUT2D eigenvalue weighted by molar-refractivity contribution is -0.142. The van der Waals surface area contributed by atoms with Gasteiger partial charge in [0.1, 0.15) is 23.6 Å². The lowest BCUT2D eigenvalue weighted by Crippen LogP contribution is -2.55. The van der Waals surface area contributed by atoms with Gasteiger partial charge in [0.25, 0.3) is 0 Å². The molecule has 3 atom stereocenters. The standard InChI is InChI=1S/C29H32N4O7/c30-23(14-19-6-10-21(34)11-7-19)27(37)31-17-26(36)32-24(15-18-4-2-1-3-5-18)28(38)33-25(29(39)40)16-20-8-12-22(35)13-9-20/h1-13,23-25,34-35H,14-17,30H2,(H,31,37)(H,32,36)(H,33,38)(H,39,40). The molecule has 0 bridgehead atoms. The number of nitrogens with one attached hydrogen (secondary N) is 3. The van der Waals surface area contributed by atoms with Crippen LogP contribution in [0.4, 0.5) is 0 Å². The van der Waals surface area contributed by atoms with E-state index in [1.54, 1.807) is 54.6 Å². The molecule has 40 heavy (non-hydrogen) atoms. The highest BCUT2D eigenvalue weighted by Crippen LogP contribution is 2.13. The van der Waals surface area contributed by atoms with Gasteiger partial charge in [0.05, 0.1) is 12.6 Å². The fourth-order valence-electron chi connectivity index (χ4n) is 3.92. The van der Waals surface area contributed by atoms with Gasteiger partial charge in [0.2, 0.25) is 17.7 Å². The maximum atomic E-state index is 13.2. The third-order valence-electron chi connectivity index (χ3n) is 6.08. The topological polar surface area (TPSA) is 191 Å². The van der Waals surface area contributed by atoms with Gasteiger partial charge in [-0.25, -0.2) is 4.79 Å². The number of nitrogens with two attached hydrogens (primary N) is 1. The Morgan fingerprint density at radius 2 is 1.15 bits per heavy atom. The van der Waals surface area contributed by atoms with Crippen LogP contribution in [0, 0.1) is 0 Å². The number of carboxylic acids is 1. The van der Waals surface area contributed by atoms with Gasteiger partial charge in [-0.15, -0.1) is 0 Å². The Morgan fingerprint density at radius 1 is 0.650 bits per heavy atom. The summed E-state index contributed by atoms with van der Waals surface area (Å²) in [6.07, 6.45) is 0.227. The molecule has 3 aromatic carbocycles. The molecule has 0 aliphatic heterocycles. The van der Waals surface area contributed by atoms with E-state index in [-0.39, 0.29) is 30.8 Å². The molecule has 0 spiro atoms. The molecule has 3 rings (SSSR count). The third-order valence-corrected chi connectivity index (χ3v) is 6.08. The Balaban J connectivity index is 1.62. The van der Waals surface area contributed by atoms with Gasteiger partial charge in [-0.2, -0.15) is 0 Å². The molecule has 0 aliphatic carbocycles. The number of aromatic hydroxyl groups is 2. The van der Waals surface area contributed by atoms with E-state index in [0.29, 0.717) is 5.56 Å². The number of hydrogen-bond acceptors (Lipinski definition) is 7. The predicted octanol–water partition coefficient (Wildman–Crippen LogP) is 0.623. The molecule has 3 unspecified atom stereocenters. The Kier molecular flexibility index (Phi) is 10.6. The number of rotatable bonds is 13.